The van der Waals surface area contributed by atoms with Crippen molar-refractivity contribution < 1.29 is 9.59 Å². The maximum absolute atomic E-state index is 12.0. The van der Waals surface area contributed by atoms with Gasteiger partial charge in [0.25, 0.3) is 11.8 Å². The molecule has 0 saturated heterocycles. The Labute approximate surface area is 114 Å². The fourth-order valence-corrected chi connectivity index (χ4v) is 2.56. The molecule has 3 N–H and O–H groups in total. The fraction of sp³-hybridized carbons (Fsp3) is 0.154. The number of hydrogen-bond donors (Lipinski definition) is 2. The van der Waals surface area contributed by atoms with E-state index in [0.717, 1.165) is 11.3 Å². The van der Waals surface area contributed by atoms with Crippen LogP contribution in [0.5, 0.6) is 0 Å². The van der Waals surface area contributed by atoms with Crippen molar-refractivity contribution in [3.05, 3.63) is 46.6 Å². The Hall–Kier alpha value is -2.21. The second-order valence-electron chi connectivity index (χ2n) is 3.87. The summed E-state index contributed by atoms with van der Waals surface area (Å²) in [7, 11) is 0. The summed E-state index contributed by atoms with van der Waals surface area (Å²) in [4.78, 5) is 28.2. The summed E-state index contributed by atoms with van der Waals surface area (Å²) in [6.07, 6.45) is 3.84. The minimum absolute atomic E-state index is 0.305. The number of carbonyl (C=O) groups is 2. The van der Waals surface area contributed by atoms with Gasteiger partial charge in [0.15, 0.2) is 0 Å². The summed E-state index contributed by atoms with van der Waals surface area (Å²) >= 11 is 1.36. The number of nitrogens with zero attached hydrogens (tertiary/aromatic N) is 1. The van der Waals surface area contributed by atoms with Crippen LogP contribution in [0.25, 0.3) is 0 Å². The molecule has 0 bridgehead atoms. The molecule has 0 aromatic carbocycles. The highest BCUT2D eigenvalue weighted by Gasteiger charge is 2.16. The molecule has 0 unspecified atom stereocenters. The van der Waals surface area contributed by atoms with Gasteiger partial charge in [-0.05, 0) is 24.6 Å². The number of anilines is 1. The number of carbonyl (C=O) groups excluding carboxylic acids is 2. The van der Waals surface area contributed by atoms with Gasteiger partial charge in [0.1, 0.15) is 5.00 Å². The molecular formula is C13H13N3O2S. The Kier molecular flexibility index (Phi) is 3.91. The molecule has 2 aromatic rings. The van der Waals surface area contributed by atoms with Gasteiger partial charge in [0.05, 0.1) is 11.1 Å². The van der Waals surface area contributed by atoms with Gasteiger partial charge in [-0.15, -0.1) is 11.3 Å². The number of rotatable bonds is 4. The van der Waals surface area contributed by atoms with Gasteiger partial charge in [0, 0.05) is 17.3 Å². The normalized spacial score (nSPS) is 10.2. The van der Waals surface area contributed by atoms with Crippen molar-refractivity contribution in [2.75, 3.05) is 5.32 Å². The van der Waals surface area contributed by atoms with Crippen LogP contribution in [0.3, 0.4) is 0 Å². The first kappa shape index (κ1) is 13.2. The molecule has 0 radical (unpaired) electrons. The number of nitrogens with one attached hydrogen (secondary N) is 1. The van der Waals surface area contributed by atoms with Gasteiger partial charge in [-0.2, -0.15) is 0 Å². The minimum Gasteiger partial charge on any atom is -0.366 e. The summed E-state index contributed by atoms with van der Waals surface area (Å²) in [5, 5.41) is 3.19. The maximum atomic E-state index is 12.0. The third-order valence-electron chi connectivity index (χ3n) is 2.55. The predicted molar refractivity (Wildman–Crippen MR) is 74.4 cm³/mol. The van der Waals surface area contributed by atoms with Crippen LogP contribution in [0, 0.1) is 0 Å². The van der Waals surface area contributed by atoms with E-state index < -0.39 is 5.91 Å². The molecule has 0 aliphatic rings. The number of amides is 2. The van der Waals surface area contributed by atoms with Crippen LogP contribution in [0.1, 0.15) is 32.5 Å². The van der Waals surface area contributed by atoms with Gasteiger partial charge in [0.2, 0.25) is 0 Å². The number of aromatic nitrogens is 1. The number of primary amides is 1. The average Bonchev–Trinajstić information content (AvgIpc) is 2.83. The highest BCUT2D eigenvalue weighted by atomic mass is 32.1. The number of aryl methyl sites for hydroxylation is 1. The molecule has 0 spiro atoms. The van der Waals surface area contributed by atoms with E-state index in [1.54, 1.807) is 24.4 Å². The predicted octanol–water partition coefficient (Wildman–Crippen LogP) is 2.06. The zero-order valence-electron chi connectivity index (χ0n) is 10.3. The van der Waals surface area contributed by atoms with E-state index in [-0.39, 0.29) is 5.91 Å². The first-order valence-electron chi connectivity index (χ1n) is 5.75. The molecular weight excluding hydrogens is 262 g/mol. The molecule has 2 aromatic heterocycles. The summed E-state index contributed by atoms with van der Waals surface area (Å²) < 4.78 is 0. The zero-order chi connectivity index (χ0) is 13.8. The number of pyridine rings is 1. The van der Waals surface area contributed by atoms with Crippen molar-refractivity contribution in [2.45, 2.75) is 13.3 Å². The Balaban J connectivity index is 2.26. The molecule has 0 aliphatic carbocycles. The SMILES string of the molecule is CCc1cc(C(N)=O)c(NC(=O)c2cccnc2)s1. The van der Waals surface area contributed by atoms with Gasteiger partial charge in [-0.3, -0.25) is 14.6 Å². The van der Waals surface area contributed by atoms with Gasteiger partial charge in [-0.25, -0.2) is 0 Å². The third kappa shape index (κ3) is 2.97. The Morgan fingerprint density at radius 3 is 2.84 bits per heavy atom. The fourth-order valence-electron chi connectivity index (χ4n) is 1.56. The van der Waals surface area contributed by atoms with E-state index in [1.165, 1.54) is 17.5 Å². The van der Waals surface area contributed by atoms with Crippen molar-refractivity contribution in [3.63, 3.8) is 0 Å². The molecule has 2 rings (SSSR count). The van der Waals surface area contributed by atoms with Crippen molar-refractivity contribution in [1.82, 2.24) is 4.98 Å². The van der Waals surface area contributed by atoms with Crippen LogP contribution in [-0.2, 0) is 6.42 Å². The van der Waals surface area contributed by atoms with Crippen LogP contribution in [0.15, 0.2) is 30.6 Å². The third-order valence-corrected chi connectivity index (χ3v) is 3.74. The molecule has 5 nitrogen and oxygen atoms in total. The van der Waals surface area contributed by atoms with Crippen LogP contribution in [0.4, 0.5) is 5.00 Å². The zero-order valence-corrected chi connectivity index (χ0v) is 11.2. The largest absolute Gasteiger partial charge is 0.366 e. The minimum atomic E-state index is -0.544. The van der Waals surface area contributed by atoms with Gasteiger partial charge < -0.3 is 11.1 Å². The number of thiophene rings is 1. The van der Waals surface area contributed by atoms with E-state index >= 15 is 0 Å². The molecule has 2 amide bonds. The van der Waals surface area contributed by atoms with Crippen LogP contribution < -0.4 is 11.1 Å². The maximum Gasteiger partial charge on any atom is 0.257 e. The van der Waals surface area contributed by atoms with Crippen LogP contribution in [-0.4, -0.2) is 16.8 Å². The summed E-state index contributed by atoms with van der Waals surface area (Å²) in [5.74, 6) is -0.850. The van der Waals surface area contributed by atoms with E-state index in [9.17, 15) is 9.59 Å². The van der Waals surface area contributed by atoms with Crippen molar-refractivity contribution >= 4 is 28.2 Å². The molecule has 0 fully saturated rings. The Morgan fingerprint density at radius 1 is 1.47 bits per heavy atom. The molecule has 0 saturated carbocycles. The van der Waals surface area contributed by atoms with E-state index in [4.69, 9.17) is 5.73 Å². The molecule has 19 heavy (non-hydrogen) atoms. The Bertz CT molecular complexity index is 608. The molecule has 6 heteroatoms. The second kappa shape index (κ2) is 5.62. The summed E-state index contributed by atoms with van der Waals surface area (Å²) in [5.41, 5.74) is 6.08. The average molecular weight is 275 g/mol. The molecule has 0 aliphatic heterocycles. The second-order valence-corrected chi connectivity index (χ2v) is 5.01. The van der Waals surface area contributed by atoms with E-state index in [0.29, 0.717) is 16.1 Å². The number of hydrogen-bond acceptors (Lipinski definition) is 4. The molecule has 0 atom stereocenters. The van der Waals surface area contributed by atoms with E-state index in [1.807, 2.05) is 6.92 Å². The monoisotopic (exact) mass is 275 g/mol. The quantitative estimate of drug-likeness (QED) is 0.895. The summed E-state index contributed by atoms with van der Waals surface area (Å²) in [6, 6.07) is 5.04. The van der Waals surface area contributed by atoms with Crippen LogP contribution >= 0.6 is 11.3 Å². The van der Waals surface area contributed by atoms with E-state index in [2.05, 4.69) is 10.3 Å². The lowest BCUT2D eigenvalue weighted by Crippen LogP contribution is -2.16. The first-order chi connectivity index (χ1) is 9.11. The van der Waals surface area contributed by atoms with Gasteiger partial charge >= 0.3 is 0 Å². The summed E-state index contributed by atoms with van der Waals surface area (Å²) in [6.45, 7) is 1.98. The van der Waals surface area contributed by atoms with Crippen molar-refractivity contribution in [3.8, 4) is 0 Å². The lowest BCUT2D eigenvalue weighted by Gasteiger charge is -2.03. The lowest BCUT2D eigenvalue weighted by molar-refractivity contribution is 0.100. The number of nitrogens with two attached hydrogens (primary N) is 1. The highest BCUT2D eigenvalue weighted by molar-refractivity contribution is 7.16. The van der Waals surface area contributed by atoms with Crippen molar-refractivity contribution in [1.29, 1.82) is 0 Å². The highest BCUT2D eigenvalue weighted by Crippen LogP contribution is 2.28. The van der Waals surface area contributed by atoms with Crippen LogP contribution in [0.2, 0.25) is 0 Å². The smallest absolute Gasteiger partial charge is 0.257 e. The lowest BCUT2D eigenvalue weighted by atomic mass is 10.2. The standard InChI is InChI=1S/C13H13N3O2S/c1-2-9-6-10(11(14)17)13(19-9)16-12(18)8-4-3-5-15-7-8/h3-7H,2H2,1H3,(H2,14,17)(H,16,18). The first-order valence-corrected chi connectivity index (χ1v) is 6.57. The molecule has 98 valence electrons. The topological polar surface area (TPSA) is 85.1 Å². The van der Waals surface area contributed by atoms with Crippen molar-refractivity contribution in [2.24, 2.45) is 5.73 Å². The molecule has 2 heterocycles. The Morgan fingerprint density at radius 2 is 2.26 bits per heavy atom. The van der Waals surface area contributed by atoms with Gasteiger partial charge in [-0.1, -0.05) is 6.92 Å².